The molecule has 94 valence electrons. The Morgan fingerprint density at radius 1 is 1.22 bits per heavy atom. The Balaban J connectivity index is 2.20. The van der Waals surface area contributed by atoms with Gasteiger partial charge in [-0.1, -0.05) is 18.2 Å². The smallest absolute Gasteiger partial charge is 0.307 e. The predicted octanol–water partition coefficient (Wildman–Crippen LogP) is 2.15. The van der Waals surface area contributed by atoms with Crippen LogP contribution in [0.2, 0.25) is 0 Å². The van der Waals surface area contributed by atoms with Crippen LogP contribution in [-0.2, 0) is 16.0 Å². The van der Waals surface area contributed by atoms with E-state index in [1.165, 1.54) is 0 Å². The van der Waals surface area contributed by atoms with Crippen LogP contribution in [0.5, 0.6) is 0 Å². The number of para-hydroxylation sites is 1. The van der Waals surface area contributed by atoms with Crippen molar-refractivity contribution in [2.24, 2.45) is 5.92 Å². The molecule has 1 unspecified atom stereocenters. The molecule has 0 fully saturated rings. The fourth-order valence-electron chi connectivity index (χ4n) is 1.84. The number of carboxylic acid groups (broad SMARTS) is 2. The fourth-order valence-corrected chi connectivity index (χ4v) is 1.84. The highest BCUT2D eigenvalue weighted by Crippen LogP contribution is 2.22. The van der Waals surface area contributed by atoms with Crippen LogP contribution in [0.3, 0.4) is 0 Å². The molecular weight excluding hydrogens is 236 g/mol. The number of fused-ring (bicyclic) bond motifs is 1. The molecule has 2 N–H and O–H groups in total. The minimum absolute atomic E-state index is 0.0797. The highest BCUT2D eigenvalue weighted by molar-refractivity contribution is 5.79. The van der Waals surface area contributed by atoms with Crippen LogP contribution in [0.15, 0.2) is 34.7 Å². The van der Waals surface area contributed by atoms with E-state index in [0.29, 0.717) is 11.3 Å². The Labute approximate surface area is 103 Å². The van der Waals surface area contributed by atoms with Crippen LogP contribution in [0.4, 0.5) is 0 Å². The van der Waals surface area contributed by atoms with Gasteiger partial charge in [0.05, 0.1) is 12.3 Å². The van der Waals surface area contributed by atoms with E-state index in [1.54, 1.807) is 12.1 Å². The molecule has 0 amide bonds. The zero-order valence-electron chi connectivity index (χ0n) is 9.50. The average Bonchev–Trinajstić information content (AvgIpc) is 2.69. The molecule has 18 heavy (non-hydrogen) atoms. The Morgan fingerprint density at radius 2 is 1.94 bits per heavy atom. The minimum atomic E-state index is -1.13. The molecule has 0 spiro atoms. The molecule has 2 aromatic rings. The van der Waals surface area contributed by atoms with Crippen LogP contribution in [0.1, 0.15) is 12.2 Å². The van der Waals surface area contributed by atoms with Crippen molar-refractivity contribution < 1.29 is 24.2 Å². The van der Waals surface area contributed by atoms with Gasteiger partial charge in [0.1, 0.15) is 11.3 Å². The van der Waals surface area contributed by atoms with Gasteiger partial charge in [-0.2, -0.15) is 0 Å². The normalized spacial score (nSPS) is 12.4. The van der Waals surface area contributed by atoms with Crippen molar-refractivity contribution in [2.75, 3.05) is 0 Å². The topological polar surface area (TPSA) is 87.7 Å². The lowest BCUT2D eigenvalue weighted by atomic mass is 10.0. The average molecular weight is 248 g/mol. The Hall–Kier alpha value is -2.30. The third kappa shape index (κ3) is 2.68. The molecule has 5 heteroatoms. The fraction of sp³-hybridized carbons (Fsp3) is 0.231. The number of hydrogen-bond donors (Lipinski definition) is 2. The Morgan fingerprint density at radius 3 is 2.56 bits per heavy atom. The van der Waals surface area contributed by atoms with Gasteiger partial charge >= 0.3 is 11.9 Å². The third-order valence-electron chi connectivity index (χ3n) is 2.69. The second-order valence-electron chi connectivity index (χ2n) is 4.09. The minimum Gasteiger partial charge on any atom is -0.481 e. The van der Waals surface area contributed by atoms with Gasteiger partial charge < -0.3 is 14.6 Å². The van der Waals surface area contributed by atoms with E-state index in [1.807, 2.05) is 18.2 Å². The van der Waals surface area contributed by atoms with Crippen molar-refractivity contribution in [3.05, 3.63) is 36.1 Å². The first kappa shape index (κ1) is 12.2. The summed E-state index contributed by atoms with van der Waals surface area (Å²) in [6, 6.07) is 9.06. The summed E-state index contributed by atoms with van der Waals surface area (Å²) in [5.74, 6) is -2.73. The van der Waals surface area contributed by atoms with Gasteiger partial charge in [-0.15, -0.1) is 0 Å². The summed E-state index contributed by atoms with van der Waals surface area (Å²) < 4.78 is 5.47. The van der Waals surface area contributed by atoms with Gasteiger partial charge in [0, 0.05) is 11.8 Å². The molecular formula is C13H12O5. The van der Waals surface area contributed by atoms with Crippen LogP contribution < -0.4 is 0 Å². The highest BCUT2D eigenvalue weighted by atomic mass is 16.4. The molecule has 0 aliphatic rings. The van der Waals surface area contributed by atoms with Crippen molar-refractivity contribution in [2.45, 2.75) is 12.8 Å². The van der Waals surface area contributed by atoms with Crippen LogP contribution in [0.25, 0.3) is 11.0 Å². The number of rotatable bonds is 5. The number of benzene rings is 1. The maximum atomic E-state index is 10.9. The van der Waals surface area contributed by atoms with E-state index >= 15 is 0 Å². The number of furan rings is 1. The Bertz CT molecular complexity index is 551. The molecule has 0 bridgehead atoms. The van der Waals surface area contributed by atoms with Crippen LogP contribution >= 0.6 is 0 Å². The predicted molar refractivity (Wildman–Crippen MR) is 63.3 cm³/mol. The van der Waals surface area contributed by atoms with Gasteiger partial charge in [0.25, 0.3) is 0 Å². The second-order valence-corrected chi connectivity index (χ2v) is 4.09. The van der Waals surface area contributed by atoms with Crippen molar-refractivity contribution in [3.8, 4) is 0 Å². The second kappa shape index (κ2) is 4.91. The molecule has 0 radical (unpaired) electrons. The lowest BCUT2D eigenvalue weighted by Gasteiger charge is -2.06. The quantitative estimate of drug-likeness (QED) is 0.846. The number of aliphatic carboxylic acids is 2. The summed E-state index contributed by atoms with van der Waals surface area (Å²) in [7, 11) is 0. The molecule has 0 saturated heterocycles. The van der Waals surface area contributed by atoms with E-state index in [0.717, 1.165) is 5.39 Å². The lowest BCUT2D eigenvalue weighted by molar-refractivity contribution is -0.148. The SMILES string of the molecule is O=C(O)CC(Cc1cc2ccccc2o1)C(=O)O. The molecule has 1 aromatic carbocycles. The highest BCUT2D eigenvalue weighted by Gasteiger charge is 2.23. The standard InChI is InChI=1S/C13H12O5/c14-12(15)7-9(13(16)17)6-10-5-8-3-1-2-4-11(8)18-10/h1-5,9H,6-7H2,(H,14,15)(H,16,17). The van der Waals surface area contributed by atoms with Crippen molar-refractivity contribution in [3.63, 3.8) is 0 Å². The molecule has 0 saturated carbocycles. The first-order valence-corrected chi connectivity index (χ1v) is 5.48. The van der Waals surface area contributed by atoms with Crippen molar-refractivity contribution in [1.82, 2.24) is 0 Å². The van der Waals surface area contributed by atoms with Gasteiger partial charge in [0.2, 0.25) is 0 Å². The summed E-state index contributed by atoms with van der Waals surface area (Å²) in [5.41, 5.74) is 0.673. The maximum Gasteiger partial charge on any atom is 0.307 e. The lowest BCUT2D eigenvalue weighted by Crippen LogP contribution is -2.19. The molecule has 0 aliphatic carbocycles. The zero-order valence-corrected chi connectivity index (χ0v) is 9.50. The van der Waals surface area contributed by atoms with E-state index in [4.69, 9.17) is 14.6 Å². The molecule has 5 nitrogen and oxygen atoms in total. The summed E-state index contributed by atoms with van der Waals surface area (Å²) in [5, 5.41) is 18.5. The monoisotopic (exact) mass is 248 g/mol. The van der Waals surface area contributed by atoms with Gasteiger partial charge in [0.15, 0.2) is 0 Å². The van der Waals surface area contributed by atoms with E-state index in [9.17, 15) is 9.59 Å². The van der Waals surface area contributed by atoms with Crippen molar-refractivity contribution in [1.29, 1.82) is 0 Å². The van der Waals surface area contributed by atoms with Gasteiger partial charge in [-0.25, -0.2) is 0 Å². The third-order valence-corrected chi connectivity index (χ3v) is 2.69. The summed E-state index contributed by atoms with van der Waals surface area (Å²) in [4.78, 5) is 21.5. The molecule has 1 heterocycles. The first-order valence-electron chi connectivity index (χ1n) is 5.48. The number of hydrogen-bond acceptors (Lipinski definition) is 3. The molecule has 2 rings (SSSR count). The van der Waals surface area contributed by atoms with E-state index in [2.05, 4.69) is 0 Å². The number of carboxylic acids is 2. The van der Waals surface area contributed by atoms with Gasteiger partial charge in [-0.3, -0.25) is 9.59 Å². The largest absolute Gasteiger partial charge is 0.481 e. The first-order chi connectivity index (χ1) is 8.56. The maximum absolute atomic E-state index is 10.9. The molecule has 0 aliphatic heterocycles. The number of carbonyl (C=O) groups is 2. The molecule has 1 aromatic heterocycles. The Kier molecular flexibility index (Phi) is 3.32. The zero-order chi connectivity index (χ0) is 13.1. The summed E-state index contributed by atoms with van der Waals surface area (Å²) in [6.45, 7) is 0. The van der Waals surface area contributed by atoms with Gasteiger partial charge in [-0.05, 0) is 12.1 Å². The van der Waals surface area contributed by atoms with E-state index in [-0.39, 0.29) is 6.42 Å². The van der Waals surface area contributed by atoms with E-state index < -0.39 is 24.3 Å². The molecule has 1 atom stereocenters. The van der Waals surface area contributed by atoms with Crippen LogP contribution in [-0.4, -0.2) is 22.2 Å². The van der Waals surface area contributed by atoms with Crippen LogP contribution in [0, 0.1) is 5.92 Å². The van der Waals surface area contributed by atoms with Crippen molar-refractivity contribution >= 4 is 22.9 Å². The summed E-state index contributed by atoms with van der Waals surface area (Å²) >= 11 is 0. The summed E-state index contributed by atoms with van der Waals surface area (Å²) in [6.07, 6.45) is -0.331.